The third kappa shape index (κ3) is 3.47. The summed E-state index contributed by atoms with van der Waals surface area (Å²) in [5, 5.41) is 3.24. The van der Waals surface area contributed by atoms with Crippen molar-refractivity contribution in [1.29, 1.82) is 0 Å². The third-order valence-corrected chi connectivity index (χ3v) is 4.84. The van der Waals surface area contributed by atoms with Gasteiger partial charge in [0.25, 0.3) is 5.91 Å². The first-order valence-electron chi connectivity index (χ1n) is 7.63. The minimum Gasteiger partial charge on any atom is -0.322 e. The number of carbonyl (C=O) groups excluding carboxylic acids is 2. The number of nitrogens with one attached hydrogen (secondary N) is 1. The summed E-state index contributed by atoms with van der Waals surface area (Å²) < 4.78 is 0.783. The molecule has 1 aliphatic rings. The number of rotatable bonds is 2. The molecular weight excluding hydrogens is 392 g/mol. The molecule has 0 saturated carbocycles. The Morgan fingerprint density at radius 1 is 1.21 bits per heavy atom. The lowest BCUT2D eigenvalue weighted by molar-refractivity contribution is -0.116. The van der Waals surface area contributed by atoms with Gasteiger partial charge < -0.3 is 10.2 Å². The Labute approximate surface area is 153 Å². The quantitative estimate of drug-likeness (QED) is 0.787. The van der Waals surface area contributed by atoms with Gasteiger partial charge in [0.05, 0.1) is 10.6 Å². The van der Waals surface area contributed by atoms with Gasteiger partial charge in [-0.2, -0.15) is 0 Å². The molecule has 0 aliphatic carbocycles. The molecule has 1 N–H and O–H groups in total. The van der Waals surface area contributed by atoms with Gasteiger partial charge in [0, 0.05) is 29.3 Å². The standard InChI is InChI=1S/C18H16BrClN2O2/c1-11(23)22-8-2-3-12-4-6-14(10-17(12)22)21-18(24)15-9-13(19)5-7-16(15)20/h4-7,9-10H,2-3,8H2,1H3,(H,21,24). The van der Waals surface area contributed by atoms with Crippen molar-refractivity contribution >= 4 is 50.7 Å². The van der Waals surface area contributed by atoms with Gasteiger partial charge in [-0.3, -0.25) is 9.59 Å². The highest BCUT2D eigenvalue weighted by atomic mass is 79.9. The molecule has 6 heteroatoms. The van der Waals surface area contributed by atoms with Crippen LogP contribution in [0.4, 0.5) is 11.4 Å². The smallest absolute Gasteiger partial charge is 0.257 e. The number of benzene rings is 2. The molecular formula is C18H16BrClN2O2. The van der Waals surface area contributed by atoms with E-state index in [0.29, 0.717) is 22.8 Å². The van der Waals surface area contributed by atoms with Gasteiger partial charge in [0.15, 0.2) is 0 Å². The maximum absolute atomic E-state index is 12.5. The first-order valence-corrected chi connectivity index (χ1v) is 8.80. The Balaban J connectivity index is 1.88. The lowest BCUT2D eigenvalue weighted by atomic mass is 10.0. The molecule has 0 radical (unpaired) electrons. The van der Waals surface area contributed by atoms with Crippen molar-refractivity contribution in [2.24, 2.45) is 0 Å². The molecule has 1 heterocycles. The molecule has 1 aliphatic heterocycles. The van der Waals surface area contributed by atoms with Crippen LogP contribution in [-0.4, -0.2) is 18.4 Å². The van der Waals surface area contributed by atoms with Gasteiger partial charge >= 0.3 is 0 Å². The molecule has 0 bridgehead atoms. The molecule has 0 saturated heterocycles. The Kier molecular flexibility index (Phi) is 4.92. The lowest BCUT2D eigenvalue weighted by Crippen LogP contribution is -2.33. The third-order valence-electron chi connectivity index (χ3n) is 4.01. The molecule has 0 fully saturated rings. The van der Waals surface area contributed by atoms with Crippen molar-refractivity contribution < 1.29 is 9.59 Å². The second kappa shape index (κ2) is 6.95. The molecule has 0 spiro atoms. The summed E-state index contributed by atoms with van der Waals surface area (Å²) in [7, 11) is 0. The molecule has 4 nitrogen and oxygen atoms in total. The largest absolute Gasteiger partial charge is 0.322 e. The van der Waals surface area contributed by atoms with Crippen LogP contribution in [0, 0.1) is 0 Å². The van der Waals surface area contributed by atoms with Crippen LogP contribution >= 0.6 is 27.5 Å². The van der Waals surface area contributed by atoms with Crippen molar-refractivity contribution in [2.75, 3.05) is 16.8 Å². The second-order valence-electron chi connectivity index (χ2n) is 5.70. The summed E-state index contributed by atoms with van der Waals surface area (Å²) in [4.78, 5) is 26.0. The van der Waals surface area contributed by atoms with E-state index < -0.39 is 0 Å². The van der Waals surface area contributed by atoms with E-state index in [4.69, 9.17) is 11.6 Å². The summed E-state index contributed by atoms with van der Waals surface area (Å²) >= 11 is 9.44. The zero-order chi connectivity index (χ0) is 17.3. The van der Waals surface area contributed by atoms with Gasteiger partial charge in [-0.1, -0.05) is 33.6 Å². The highest BCUT2D eigenvalue weighted by Gasteiger charge is 2.21. The molecule has 0 unspecified atom stereocenters. The molecule has 0 atom stereocenters. The minimum absolute atomic E-state index is 0.00876. The van der Waals surface area contributed by atoms with Crippen molar-refractivity contribution in [1.82, 2.24) is 0 Å². The van der Waals surface area contributed by atoms with Gasteiger partial charge in [0.1, 0.15) is 0 Å². The molecule has 2 amide bonds. The van der Waals surface area contributed by atoms with E-state index in [-0.39, 0.29) is 11.8 Å². The predicted molar refractivity (Wildman–Crippen MR) is 99.9 cm³/mol. The number of halogens is 2. The van der Waals surface area contributed by atoms with E-state index in [2.05, 4.69) is 21.2 Å². The summed E-state index contributed by atoms with van der Waals surface area (Å²) in [6.45, 7) is 2.26. The maximum atomic E-state index is 12.5. The van der Waals surface area contributed by atoms with Gasteiger partial charge in [0.2, 0.25) is 5.91 Å². The van der Waals surface area contributed by atoms with Crippen LogP contribution in [0.25, 0.3) is 0 Å². The van der Waals surface area contributed by atoms with Crippen molar-refractivity contribution in [3.63, 3.8) is 0 Å². The molecule has 3 rings (SSSR count). The van der Waals surface area contributed by atoms with Crippen LogP contribution in [-0.2, 0) is 11.2 Å². The Bertz CT molecular complexity index is 823. The molecule has 2 aromatic carbocycles. The van der Waals surface area contributed by atoms with Crippen LogP contribution in [0.5, 0.6) is 0 Å². The number of hydrogen-bond acceptors (Lipinski definition) is 2. The fraction of sp³-hybridized carbons (Fsp3) is 0.222. The normalized spacial score (nSPS) is 13.4. The number of carbonyl (C=O) groups is 2. The van der Waals surface area contributed by atoms with Gasteiger partial charge in [-0.25, -0.2) is 0 Å². The van der Waals surface area contributed by atoms with Crippen molar-refractivity contribution in [2.45, 2.75) is 19.8 Å². The number of hydrogen-bond donors (Lipinski definition) is 1. The van der Waals surface area contributed by atoms with Crippen LogP contribution in [0.2, 0.25) is 5.02 Å². The van der Waals surface area contributed by atoms with Crippen LogP contribution in [0.3, 0.4) is 0 Å². The van der Waals surface area contributed by atoms with E-state index >= 15 is 0 Å². The van der Waals surface area contributed by atoms with E-state index in [0.717, 1.165) is 28.6 Å². The number of amides is 2. The Morgan fingerprint density at radius 3 is 2.75 bits per heavy atom. The highest BCUT2D eigenvalue weighted by molar-refractivity contribution is 9.10. The average molecular weight is 408 g/mol. The summed E-state index contributed by atoms with van der Waals surface area (Å²) in [5.74, 6) is -0.277. The summed E-state index contributed by atoms with van der Waals surface area (Å²) in [6.07, 6.45) is 1.89. The van der Waals surface area contributed by atoms with E-state index in [1.54, 1.807) is 30.0 Å². The van der Waals surface area contributed by atoms with Gasteiger partial charge in [-0.05, 0) is 48.7 Å². The van der Waals surface area contributed by atoms with Crippen molar-refractivity contribution in [3.8, 4) is 0 Å². The number of aryl methyl sites for hydroxylation is 1. The van der Waals surface area contributed by atoms with E-state index in [1.807, 2.05) is 18.2 Å². The number of fused-ring (bicyclic) bond motifs is 1. The Hall–Kier alpha value is -1.85. The summed E-state index contributed by atoms with van der Waals surface area (Å²) in [6, 6.07) is 10.8. The Morgan fingerprint density at radius 2 is 2.00 bits per heavy atom. The first kappa shape index (κ1) is 17.0. The highest BCUT2D eigenvalue weighted by Crippen LogP contribution is 2.30. The maximum Gasteiger partial charge on any atom is 0.257 e. The molecule has 24 heavy (non-hydrogen) atoms. The zero-order valence-electron chi connectivity index (χ0n) is 13.1. The SMILES string of the molecule is CC(=O)N1CCCc2ccc(NC(=O)c3cc(Br)ccc3Cl)cc21. The fourth-order valence-corrected chi connectivity index (χ4v) is 3.41. The topological polar surface area (TPSA) is 49.4 Å². The van der Waals surface area contributed by atoms with E-state index in [1.165, 1.54) is 0 Å². The second-order valence-corrected chi connectivity index (χ2v) is 7.02. The molecule has 124 valence electrons. The number of nitrogens with zero attached hydrogens (tertiary/aromatic N) is 1. The van der Waals surface area contributed by atoms with Crippen LogP contribution < -0.4 is 10.2 Å². The summed E-state index contributed by atoms with van der Waals surface area (Å²) in [5.41, 5.74) is 3.02. The van der Waals surface area contributed by atoms with Crippen LogP contribution in [0.1, 0.15) is 29.3 Å². The number of anilines is 2. The fourth-order valence-electron chi connectivity index (χ4n) is 2.85. The molecule has 2 aromatic rings. The predicted octanol–water partition coefficient (Wildman–Crippen LogP) is 4.65. The monoisotopic (exact) mass is 406 g/mol. The van der Waals surface area contributed by atoms with E-state index in [9.17, 15) is 9.59 Å². The van der Waals surface area contributed by atoms with Crippen LogP contribution in [0.15, 0.2) is 40.9 Å². The zero-order valence-corrected chi connectivity index (χ0v) is 15.4. The van der Waals surface area contributed by atoms with Crippen molar-refractivity contribution in [3.05, 3.63) is 57.0 Å². The first-order chi connectivity index (χ1) is 11.5. The minimum atomic E-state index is -0.286. The average Bonchev–Trinajstić information content (AvgIpc) is 2.56. The lowest BCUT2D eigenvalue weighted by Gasteiger charge is -2.29. The van der Waals surface area contributed by atoms with Gasteiger partial charge in [-0.15, -0.1) is 0 Å². The molecule has 0 aromatic heterocycles.